The van der Waals surface area contributed by atoms with E-state index >= 15 is 0 Å². The molecule has 158 valence electrons. The van der Waals surface area contributed by atoms with Crippen LogP contribution in [0.2, 0.25) is 0 Å². The summed E-state index contributed by atoms with van der Waals surface area (Å²) in [6.45, 7) is 4.31. The number of carbonyl (C=O) groups excluding carboxylic acids is 2. The Balaban J connectivity index is 1.57. The van der Waals surface area contributed by atoms with Gasteiger partial charge in [0.25, 0.3) is 11.8 Å². The number of ether oxygens (including phenoxy) is 1. The van der Waals surface area contributed by atoms with E-state index in [1.165, 1.54) is 0 Å². The molecule has 1 aliphatic rings. The van der Waals surface area contributed by atoms with Crippen molar-refractivity contribution in [1.29, 1.82) is 0 Å². The Kier molecular flexibility index (Phi) is 7.79. The van der Waals surface area contributed by atoms with Crippen LogP contribution in [0.5, 0.6) is 5.75 Å². The molecule has 0 saturated carbocycles. The number of benzene rings is 2. The lowest BCUT2D eigenvalue weighted by molar-refractivity contribution is 0.0792. The van der Waals surface area contributed by atoms with E-state index in [9.17, 15) is 9.59 Å². The van der Waals surface area contributed by atoms with Gasteiger partial charge in [0.2, 0.25) is 0 Å². The Hall–Kier alpha value is -2.93. The van der Waals surface area contributed by atoms with Gasteiger partial charge in [-0.25, -0.2) is 0 Å². The number of hydrogen-bond acceptors (Lipinski definition) is 4. The highest BCUT2D eigenvalue weighted by Gasteiger charge is 2.19. The van der Waals surface area contributed by atoms with Gasteiger partial charge in [-0.1, -0.05) is 25.5 Å². The second kappa shape index (κ2) is 10.7. The number of likely N-dealkylation sites (tertiary alicyclic amines) is 1. The van der Waals surface area contributed by atoms with Crippen molar-refractivity contribution in [3.8, 4) is 5.75 Å². The molecule has 1 fully saturated rings. The van der Waals surface area contributed by atoms with Gasteiger partial charge in [-0.05, 0) is 67.9 Å². The molecule has 1 aliphatic heterocycles. The number of nitrogens with zero attached hydrogens (tertiary/aromatic N) is 1. The predicted octanol–water partition coefficient (Wildman–Crippen LogP) is 4.23. The van der Waals surface area contributed by atoms with Gasteiger partial charge in [0.1, 0.15) is 5.75 Å². The molecule has 2 aromatic rings. The van der Waals surface area contributed by atoms with Gasteiger partial charge >= 0.3 is 0 Å². The summed E-state index contributed by atoms with van der Waals surface area (Å²) in [5, 5.41) is 5.83. The van der Waals surface area contributed by atoms with Crippen LogP contribution in [0, 0.1) is 0 Å². The molecule has 0 bridgehead atoms. The molecule has 1 saturated heterocycles. The molecule has 0 aliphatic carbocycles. The Morgan fingerprint density at radius 1 is 1.07 bits per heavy atom. The highest BCUT2D eigenvalue weighted by atomic mass is 32.1. The maximum absolute atomic E-state index is 12.6. The Morgan fingerprint density at radius 2 is 1.80 bits per heavy atom. The van der Waals surface area contributed by atoms with Crippen molar-refractivity contribution in [2.24, 2.45) is 0 Å². The first kappa shape index (κ1) is 21.8. The van der Waals surface area contributed by atoms with Gasteiger partial charge < -0.3 is 15.0 Å². The number of nitrogens with one attached hydrogen (secondary N) is 2. The molecule has 3 rings (SSSR count). The highest BCUT2D eigenvalue weighted by molar-refractivity contribution is 7.80. The van der Waals surface area contributed by atoms with E-state index in [0.29, 0.717) is 29.2 Å². The predicted molar refractivity (Wildman–Crippen MR) is 122 cm³/mol. The summed E-state index contributed by atoms with van der Waals surface area (Å²) in [5.74, 6) is 0.354. The second-order valence-electron chi connectivity index (χ2n) is 7.22. The number of anilines is 1. The average Bonchev–Trinajstić information content (AvgIpc) is 3.28. The Morgan fingerprint density at radius 3 is 2.57 bits per heavy atom. The van der Waals surface area contributed by atoms with Crippen molar-refractivity contribution in [1.82, 2.24) is 10.2 Å². The summed E-state index contributed by atoms with van der Waals surface area (Å²) >= 11 is 5.28. The lowest BCUT2D eigenvalue weighted by Gasteiger charge is -2.16. The van der Waals surface area contributed by atoms with Crippen LogP contribution >= 0.6 is 12.2 Å². The maximum Gasteiger partial charge on any atom is 0.257 e. The molecule has 2 amide bonds. The molecule has 6 nitrogen and oxygen atoms in total. The van der Waals surface area contributed by atoms with Crippen LogP contribution < -0.4 is 15.4 Å². The lowest BCUT2D eigenvalue weighted by Crippen LogP contribution is -2.34. The number of hydrogen-bond donors (Lipinski definition) is 2. The van der Waals surface area contributed by atoms with E-state index in [0.717, 1.165) is 38.8 Å². The Bertz CT molecular complexity index is 910. The van der Waals surface area contributed by atoms with Crippen molar-refractivity contribution >= 4 is 34.8 Å². The minimum absolute atomic E-state index is 0.0194. The first-order valence-corrected chi connectivity index (χ1v) is 10.7. The summed E-state index contributed by atoms with van der Waals surface area (Å²) in [7, 11) is 0. The molecule has 30 heavy (non-hydrogen) atoms. The van der Waals surface area contributed by atoms with Gasteiger partial charge in [0.05, 0.1) is 6.61 Å². The van der Waals surface area contributed by atoms with Crippen molar-refractivity contribution in [3.05, 3.63) is 59.7 Å². The number of unbranched alkanes of at least 4 members (excludes halogenated alkanes) is 1. The number of rotatable bonds is 7. The second-order valence-corrected chi connectivity index (χ2v) is 7.63. The molecular weight excluding hydrogens is 398 g/mol. The van der Waals surface area contributed by atoms with E-state index in [2.05, 4.69) is 17.6 Å². The quantitative estimate of drug-likeness (QED) is 0.513. The third-order valence-corrected chi connectivity index (χ3v) is 5.05. The lowest BCUT2D eigenvalue weighted by atomic mass is 10.1. The van der Waals surface area contributed by atoms with Gasteiger partial charge in [-0.3, -0.25) is 14.9 Å². The summed E-state index contributed by atoms with van der Waals surface area (Å²) in [4.78, 5) is 26.9. The van der Waals surface area contributed by atoms with E-state index in [4.69, 9.17) is 17.0 Å². The first-order chi connectivity index (χ1) is 14.6. The van der Waals surface area contributed by atoms with Crippen LogP contribution in [0.3, 0.4) is 0 Å². The number of amides is 2. The maximum atomic E-state index is 12.6. The van der Waals surface area contributed by atoms with Crippen LogP contribution in [0.15, 0.2) is 48.5 Å². The molecule has 2 aromatic carbocycles. The largest absolute Gasteiger partial charge is 0.494 e. The number of carbonyl (C=O) groups is 2. The molecule has 0 radical (unpaired) electrons. The fourth-order valence-corrected chi connectivity index (χ4v) is 3.44. The standard InChI is InChI=1S/C23H27N3O3S/c1-2-3-14-29-20-11-7-8-17(16-20)21(27)25-23(30)24-19-10-6-9-18(15-19)22(28)26-12-4-5-13-26/h6-11,15-16H,2-5,12-14H2,1H3,(H2,24,25,27,30). The topological polar surface area (TPSA) is 70.7 Å². The zero-order valence-electron chi connectivity index (χ0n) is 17.1. The molecule has 0 aromatic heterocycles. The van der Waals surface area contributed by atoms with E-state index < -0.39 is 0 Å². The van der Waals surface area contributed by atoms with Crippen molar-refractivity contribution in [2.45, 2.75) is 32.6 Å². The third-order valence-electron chi connectivity index (χ3n) is 4.85. The van der Waals surface area contributed by atoms with Crippen molar-refractivity contribution < 1.29 is 14.3 Å². The fraction of sp³-hybridized carbons (Fsp3) is 0.348. The minimum atomic E-state index is -0.322. The Labute approximate surface area is 182 Å². The third kappa shape index (κ3) is 6.03. The summed E-state index contributed by atoms with van der Waals surface area (Å²) < 4.78 is 5.65. The highest BCUT2D eigenvalue weighted by Crippen LogP contribution is 2.17. The van der Waals surface area contributed by atoms with Crippen LogP contribution in [-0.2, 0) is 0 Å². The zero-order valence-corrected chi connectivity index (χ0v) is 18.0. The molecule has 0 unspecified atom stereocenters. The normalized spacial score (nSPS) is 13.0. The molecule has 0 atom stereocenters. The van der Waals surface area contributed by atoms with E-state index in [1.807, 2.05) is 11.0 Å². The van der Waals surface area contributed by atoms with E-state index in [-0.39, 0.29) is 16.9 Å². The summed E-state index contributed by atoms with van der Waals surface area (Å²) in [6, 6.07) is 14.2. The van der Waals surface area contributed by atoms with Crippen LogP contribution in [-0.4, -0.2) is 41.5 Å². The summed E-state index contributed by atoms with van der Waals surface area (Å²) in [5.41, 5.74) is 1.72. The molecular formula is C23H27N3O3S. The van der Waals surface area contributed by atoms with Crippen molar-refractivity contribution in [3.63, 3.8) is 0 Å². The van der Waals surface area contributed by atoms with E-state index in [1.54, 1.807) is 42.5 Å². The first-order valence-electron chi connectivity index (χ1n) is 10.3. The van der Waals surface area contributed by atoms with Gasteiger partial charge in [0, 0.05) is 29.9 Å². The van der Waals surface area contributed by atoms with Crippen LogP contribution in [0.25, 0.3) is 0 Å². The number of thiocarbonyl (C=S) groups is 1. The SMILES string of the molecule is CCCCOc1cccc(C(=O)NC(=S)Nc2cccc(C(=O)N3CCCC3)c2)c1. The molecule has 0 spiro atoms. The fourth-order valence-electron chi connectivity index (χ4n) is 3.23. The van der Waals surface area contributed by atoms with Crippen LogP contribution in [0.1, 0.15) is 53.3 Å². The van der Waals surface area contributed by atoms with Gasteiger partial charge in [-0.2, -0.15) is 0 Å². The van der Waals surface area contributed by atoms with Crippen LogP contribution in [0.4, 0.5) is 5.69 Å². The van der Waals surface area contributed by atoms with Gasteiger partial charge in [-0.15, -0.1) is 0 Å². The average molecular weight is 426 g/mol. The summed E-state index contributed by atoms with van der Waals surface area (Å²) in [6.07, 6.45) is 4.10. The van der Waals surface area contributed by atoms with Gasteiger partial charge in [0.15, 0.2) is 5.11 Å². The van der Waals surface area contributed by atoms with Crippen molar-refractivity contribution in [2.75, 3.05) is 25.0 Å². The molecule has 2 N–H and O–H groups in total. The smallest absolute Gasteiger partial charge is 0.257 e. The minimum Gasteiger partial charge on any atom is -0.494 e. The molecule has 7 heteroatoms. The zero-order chi connectivity index (χ0) is 21.3. The molecule has 1 heterocycles. The monoisotopic (exact) mass is 425 g/mol.